The Bertz CT molecular complexity index is 237. The number of hydrogen-bond acceptors (Lipinski definition) is 2. The summed E-state index contributed by atoms with van der Waals surface area (Å²) in [5, 5.41) is 8.66. The largest absolute Gasteiger partial charge is 0.298 e. The van der Waals surface area contributed by atoms with Crippen LogP contribution in [0.3, 0.4) is 0 Å². The molecule has 0 N–H and O–H groups in total. The van der Waals surface area contributed by atoms with Gasteiger partial charge in [-0.05, 0) is 31.2 Å². The van der Waals surface area contributed by atoms with Crippen molar-refractivity contribution in [2.45, 2.75) is 26.7 Å². The van der Waals surface area contributed by atoms with Crippen molar-refractivity contribution in [2.24, 2.45) is 11.8 Å². The fourth-order valence-electron chi connectivity index (χ4n) is 2.08. The highest BCUT2D eigenvalue weighted by Gasteiger charge is 2.22. The first kappa shape index (κ1) is 11.3. The average Bonchev–Trinajstić information content (AvgIpc) is 2.18. The molecule has 1 rings (SSSR count). The monoisotopic (exact) mass is 192 g/mol. The van der Waals surface area contributed by atoms with Gasteiger partial charge in [0.2, 0.25) is 0 Å². The van der Waals surface area contributed by atoms with Crippen LogP contribution in [0, 0.1) is 23.2 Å². The van der Waals surface area contributed by atoms with Crippen molar-refractivity contribution in [3.05, 3.63) is 12.2 Å². The molecule has 2 nitrogen and oxygen atoms in total. The Balaban J connectivity index is 2.41. The third-order valence-corrected chi connectivity index (χ3v) is 3.06. The highest BCUT2D eigenvalue weighted by molar-refractivity contribution is 5.17. The van der Waals surface area contributed by atoms with Gasteiger partial charge in [0.1, 0.15) is 0 Å². The summed E-state index contributed by atoms with van der Waals surface area (Å²) >= 11 is 0. The summed E-state index contributed by atoms with van der Waals surface area (Å²) in [5.41, 5.74) is 0.689. The fraction of sp³-hybridized carbons (Fsp3) is 0.750. The maximum absolute atomic E-state index is 8.66. The number of hydrogen-bond donors (Lipinski definition) is 0. The maximum Gasteiger partial charge on any atom is 0.0954 e. The van der Waals surface area contributed by atoms with Crippen molar-refractivity contribution >= 4 is 0 Å². The molecule has 0 amide bonds. The Morgan fingerprint density at radius 1 is 1.64 bits per heavy atom. The van der Waals surface area contributed by atoms with Gasteiger partial charge >= 0.3 is 0 Å². The third kappa shape index (κ3) is 3.16. The second kappa shape index (κ2) is 5.17. The van der Waals surface area contributed by atoms with Crippen molar-refractivity contribution in [1.29, 1.82) is 5.26 Å². The van der Waals surface area contributed by atoms with Gasteiger partial charge in [0, 0.05) is 18.7 Å². The first-order valence-electron chi connectivity index (χ1n) is 5.43. The molecule has 1 aliphatic rings. The Labute approximate surface area is 87.2 Å². The Kier molecular flexibility index (Phi) is 4.16. The number of piperidine rings is 1. The van der Waals surface area contributed by atoms with Crippen molar-refractivity contribution in [3.63, 3.8) is 0 Å². The van der Waals surface area contributed by atoms with Crippen LogP contribution >= 0.6 is 0 Å². The minimum Gasteiger partial charge on any atom is -0.298 e. The SMILES string of the molecule is C=C(C#N)CN1CCCC(C(C)C)C1. The summed E-state index contributed by atoms with van der Waals surface area (Å²) in [7, 11) is 0. The average molecular weight is 192 g/mol. The van der Waals surface area contributed by atoms with Crippen LogP contribution in [0.4, 0.5) is 0 Å². The van der Waals surface area contributed by atoms with Gasteiger partial charge in [-0.15, -0.1) is 0 Å². The van der Waals surface area contributed by atoms with E-state index in [9.17, 15) is 0 Å². The van der Waals surface area contributed by atoms with Gasteiger partial charge in [-0.3, -0.25) is 4.90 Å². The summed E-state index contributed by atoms with van der Waals surface area (Å²) < 4.78 is 0. The van der Waals surface area contributed by atoms with E-state index in [0.29, 0.717) is 5.57 Å². The minimum atomic E-state index is 0.689. The van der Waals surface area contributed by atoms with E-state index in [0.717, 1.165) is 31.5 Å². The second-order valence-corrected chi connectivity index (χ2v) is 4.60. The van der Waals surface area contributed by atoms with Crippen LogP contribution in [-0.4, -0.2) is 24.5 Å². The van der Waals surface area contributed by atoms with Gasteiger partial charge in [0.05, 0.1) is 6.07 Å². The summed E-state index contributed by atoms with van der Waals surface area (Å²) in [6.45, 7) is 11.3. The van der Waals surface area contributed by atoms with E-state index in [2.05, 4.69) is 31.4 Å². The number of nitrogens with zero attached hydrogens (tertiary/aromatic N) is 2. The van der Waals surface area contributed by atoms with Crippen LogP contribution in [0.25, 0.3) is 0 Å². The van der Waals surface area contributed by atoms with Gasteiger partial charge in [-0.25, -0.2) is 0 Å². The zero-order chi connectivity index (χ0) is 10.6. The molecule has 1 unspecified atom stereocenters. The number of nitriles is 1. The molecule has 1 aliphatic heterocycles. The highest BCUT2D eigenvalue weighted by Crippen LogP contribution is 2.23. The molecular formula is C12H20N2. The van der Waals surface area contributed by atoms with Crippen LogP contribution in [0.15, 0.2) is 12.2 Å². The van der Waals surface area contributed by atoms with E-state index in [1.807, 2.05) is 0 Å². The lowest BCUT2D eigenvalue weighted by Gasteiger charge is -2.34. The molecule has 1 heterocycles. The molecule has 14 heavy (non-hydrogen) atoms. The van der Waals surface area contributed by atoms with Crippen LogP contribution in [0.5, 0.6) is 0 Å². The van der Waals surface area contributed by atoms with Gasteiger partial charge in [0.25, 0.3) is 0 Å². The second-order valence-electron chi connectivity index (χ2n) is 4.60. The molecule has 1 saturated heterocycles. The fourth-order valence-corrected chi connectivity index (χ4v) is 2.08. The molecule has 0 radical (unpaired) electrons. The summed E-state index contributed by atoms with van der Waals surface area (Å²) in [6.07, 6.45) is 2.61. The van der Waals surface area contributed by atoms with Crippen molar-refractivity contribution < 1.29 is 0 Å². The molecular weight excluding hydrogens is 172 g/mol. The van der Waals surface area contributed by atoms with Crippen LogP contribution < -0.4 is 0 Å². The maximum atomic E-state index is 8.66. The normalized spacial score (nSPS) is 23.4. The van der Waals surface area contributed by atoms with Crippen molar-refractivity contribution in [2.75, 3.05) is 19.6 Å². The standard InChI is InChI=1S/C12H20N2/c1-10(2)12-5-4-6-14(9-12)8-11(3)7-13/h10,12H,3-6,8-9H2,1-2H3. The lowest BCUT2D eigenvalue weighted by molar-refractivity contribution is 0.157. The van der Waals surface area contributed by atoms with Gasteiger partial charge in [-0.1, -0.05) is 20.4 Å². The van der Waals surface area contributed by atoms with E-state index >= 15 is 0 Å². The van der Waals surface area contributed by atoms with Gasteiger partial charge in [-0.2, -0.15) is 5.26 Å². The van der Waals surface area contributed by atoms with Crippen molar-refractivity contribution in [3.8, 4) is 6.07 Å². The molecule has 0 aromatic carbocycles. The van der Waals surface area contributed by atoms with E-state index in [1.54, 1.807) is 0 Å². The molecule has 0 bridgehead atoms. The van der Waals surface area contributed by atoms with Crippen LogP contribution in [0.1, 0.15) is 26.7 Å². The summed E-state index contributed by atoms with van der Waals surface area (Å²) in [4.78, 5) is 2.36. The van der Waals surface area contributed by atoms with Crippen LogP contribution in [-0.2, 0) is 0 Å². The van der Waals surface area contributed by atoms with E-state index < -0.39 is 0 Å². The predicted octanol–water partition coefficient (Wildman–Crippen LogP) is 2.43. The minimum absolute atomic E-state index is 0.689. The Hall–Kier alpha value is -0.810. The Morgan fingerprint density at radius 3 is 2.93 bits per heavy atom. The van der Waals surface area contributed by atoms with E-state index in [1.165, 1.54) is 12.8 Å². The molecule has 0 saturated carbocycles. The predicted molar refractivity (Wildman–Crippen MR) is 58.8 cm³/mol. The van der Waals surface area contributed by atoms with E-state index in [-0.39, 0.29) is 0 Å². The molecule has 1 fully saturated rings. The zero-order valence-corrected chi connectivity index (χ0v) is 9.29. The van der Waals surface area contributed by atoms with Gasteiger partial charge in [0.15, 0.2) is 0 Å². The molecule has 0 aromatic rings. The lowest BCUT2D eigenvalue weighted by Crippen LogP contribution is -2.38. The molecule has 1 atom stereocenters. The molecule has 0 aliphatic carbocycles. The molecule has 0 aromatic heterocycles. The molecule has 78 valence electrons. The van der Waals surface area contributed by atoms with Gasteiger partial charge < -0.3 is 0 Å². The quantitative estimate of drug-likeness (QED) is 0.642. The van der Waals surface area contributed by atoms with E-state index in [4.69, 9.17) is 5.26 Å². The number of rotatable bonds is 3. The Morgan fingerprint density at radius 2 is 2.36 bits per heavy atom. The summed E-state index contributed by atoms with van der Waals surface area (Å²) in [6, 6.07) is 2.12. The first-order valence-corrected chi connectivity index (χ1v) is 5.43. The molecule has 0 spiro atoms. The molecule has 2 heteroatoms. The number of likely N-dealkylation sites (tertiary alicyclic amines) is 1. The highest BCUT2D eigenvalue weighted by atomic mass is 15.1. The summed E-state index contributed by atoms with van der Waals surface area (Å²) in [5.74, 6) is 1.56. The van der Waals surface area contributed by atoms with Crippen molar-refractivity contribution in [1.82, 2.24) is 4.90 Å². The zero-order valence-electron chi connectivity index (χ0n) is 9.29. The third-order valence-electron chi connectivity index (χ3n) is 3.06. The van der Waals surface area contributed by atoms with Crippen LogP contribution in [0.2, 0.25) is 0 Å². The first-order chi connectivity index (χ1) is 6.63. The topological polar surface area (TPSA) is 27.0 Å². The smallest absolute Gasteiger partial charge is 0.0954 e. The lowest BCUT2D eigenvalue weighted by atomic mass is 9.88.